The standard InChI is InChI=1S/C4H4N2.2C4H4S.3C3H3NO/c1-2-5-4-6-3-1;2*1-2-4-5-3-1;2*1-2-5-3-4-1;1-2-4-5-3-1/h1-4H;2*1-4H;3*1-3H. The molecule has 0 amide bonds. The van der Waals surface area contributed by atoms with Gasteiger partial charge in [0.2, 0.25) is 0 Å². The van der Waals surface area contributed by atoms with Gasteiger partial charge in [0.1, 0.15) is 25.1 Å². The molecule has 6 aromatic rings. The van der Waals surface area contributed by atoms with E-state index < -0.39 is 0 Å². The van der Waals surface area contributed by atoms with Gasteiger partial charge in [-0.25, -0.2) is 19.9 Å². The van der Waals surface area contributed by atoms with Gasteiger partial charge in [0, 0.05) is 12.4 Å². The van der Waals surface area contributed by atoms with Crippen LogP contribution in [-0.4, -0.2) is 25.1 Å². The number of rotatable bonds is 0. The average molecular weight is 456 g/mol. The molecule has 6 rings (SSSR count). The molecule has 10 heteroatoms. The van der Waals surface area contributed by atoms with Crippen LogP contribution >= 0.6 is 22.7 Å². The van der Waals surface area contributed by atoms with Gasteiger partial charge in [-0.1, -0.05) is 29.4 Å². The van der Waals surface area contributed by atoms with E-state index in [1.165, 1.54) is 37.9 Å². The first kappa shape index (κ1) is 25.1. The van der Waals surface area contributed by atoms with Crippen LogP contribution in [0.3, 0.4) is 0 Å². The number of hydrogen-bond acceptors (Lipinski definition) is 10. The van der Waals surface area contributed by atoms with E-state index in [9.17, 15) is 0 Å². The minimum absolute atomic E-state index is 1.38. The molecule has 0 aliphatic heterocycles. The summed E-state index contributed by atoms with van der Waals surface area (Å²) < 4.78 is 13.3. The van der Waals surface area contributed by atoms with Gasteiger partial charge in [-0.2, -0.15) is 22.7 Å². The lowest BCUT2D eigenvalue weighted by atomic mass is 10.7. The quantitative estimate of drug-likeness (QED) is 0.275. The number of thiophene rings is 2. The van der Waals surface area contributed by atoms with Crippen molar-refractivity contribution >= 4 is 22.7 Å². The highest BCUT2D eigenvalue weighted by molar-refractivity contribution is 7.08. The maximum Gasteiger partial charge on any atom is 0.180 e. The summed E-state index contributed by atoms with van der Waals surface area (Å²) in [5.74, 6) is 0. The van der Waals surface area contributed by atoms with E-state index in [1.807, 2.05) is 45.8 Å². The van der Waals surface area contributed by atoms with Crippen LogP contribution in [0.15, 0.2) is 140 Å². The van der Waals surface area contributed by atoms with Gasteiger partial charge < -0.3 is 13.4 Å². The first-order valence-electron chi connectivity index (χ1n) is 8.63. The minimum Gasteiger partial charge on any atom is -0.452 e. The van der Waals surface area contributed by atoms with Crippen LogP contribution in [0, 0.1) is 0 Å². The Hall–Kier alpha value is -3.89. The molecule has 0 saturated heterocycles. The summed E-state index contributed by atoms with van der Waals surface area (Å²) in [7, 11) is 0. The van der Waals surface area contributed by atoms with E-state index in [1.54, 1.807) is 65.8 Å². The zero-order valence-corrected chi connectivity index (χ0v) is 18.0. The van der Waals surface area contributed by atoms with E-state index in [0.29, 0.717) is 0 Å². The monoisotopic (exact) mass is 455 g/mol. The second kappa shape index (κ2) is 22.4. The summed E-state index contributed by atoms with van der Waals surface area (Å²) in [6.45, 7) is 0. The van der Waals surface area contributed by atoms with Crippen LogP contribution in [0.4, 0.5) is 0 Å². The van der Waals surface area contributed by atoms with Gasteiger partial charge in [-0.3, -0.25) is 0 Å². The summed E-state index contributed by atoms with van der Waals surface area (Å²) in [5, 5.41) is 11.5. The van der Waals surface area contributed by atoms with Crippen LogP contribution in [0.25, 0.3) is 0 Å². The fraction of sp³-hybridized carbons (Fsp3) is 0. The fourth-order valence-electron chi connectivity index (χ4n) is 1.23. The maximum absolute atomic E-state index is 4.47. The molecule has 6 aromatic heterocycles. The molecule has 0 aliphatic rings. The third kappa shape index (κ3) is 20.7. The molecule has 0 unspecified atom stereocenters. The van der Waals surface area contributed by atoms with Crippen molar-refractivity contribution in [1.82, 2.24) is 25.1 Å². The molecule has 0 N–H and O–H groups in total. The van der Waals surface area contributed by atoms with Gasteiger partial charge in [0.25, 0.3) is 0 Å². The van der Waals surface area contributed by atoms with Crippen LogP contribution < -0.4 is 0 Å². The van der Waals surface area contributed by atoms with Gasteiger partial charge in [0.05, 0.1) is 18.6 Å². The molecule has 0 spiro atoms. The molecule has 0 bridgehead atoms. The van der Waals surface area contributed by atoms with Crippen LogP contribution in [-0.2, 0) is 0 Å². The van der Waals surface area contributed by atoms with Gasteiger partial charge >= 0.3 is 0 Å². The van der Waals surface area contributed by atoms with Gasteiger partial charge in [-0.05, 0) is 33.7 Å². The summed E-state index contributed by atoms with van der Waals surface area (Å²) in [5.41, 5.74) is 0. The zero-order valence-electron chi connectivity index (χ0n) is 16.4. The SMILES string of the molecule is c1ccsc1.c1ccsc1.c1cncnc1.c1cnoc1.c1cocn1.c1cocn1. The van der Waals surface area contributed by atoms with Crippen molar-refractivity contribution in [3.63, 3.8) is 0 Å². The van der Waals surface area contributed by atoms with Crippen LogP contribution in [0.2, 0.25) is 0 Å². The van der Waals surface area contributed by atoms with Gasteiger partial charge in [0.15, 0.2) is 12.8 Å². The number of aromatic nitrogens is 5. The number of oxazole rings is 2. The maximum atomic E-state index is 4.47. The van der Waals surface area contributed by atoms with E-state index in [0.717, 1.165) is 0 Å². The lowest BCUT2D eigenvalue weighted by Gasteiger charge is -1.70. The molecule has 31 heavy (non-hydrogen) atoms. The van der Waals surface area contributed by atoms with Crippen LogP contribution in [0.1, 0.15) is 0 Å². The largest absolute Gasteiger partial charge is 0.452 e. The first-order valence-corrected chi connectivity index (χ1v) is 10.5. The minimum atomic E-state index is 1.38. The van der Waals surface area contributed by atoms with E-state index in [-0.39, 0.29) is 0 Å². The van der Waals surface area contributed by atoms with Crippen molar-refractivity contribution in [3.05, 3.63) is 127 Å². The molecule has 160 valence electrons. The topological polar surface area (TPSA) is 104 Å². The summed E-state index contributed by atoms with van der Waals surface area (Å²) in [4.78, 5) is 14.5. The normalized spacial score (nSPS) is 8.00. The van der Waals surface area contributed by atoms with E-state index in [4.69, 9.17) is 0 Å². The third-order valence-corrected chi connectivity index (χ3v) is 3.63. The molecule has 6 heterocycles. The molecule has 0 atom stereocenters. The van der Waals surface area contributed by atoms with Crippen molar-refractivity contribution < 1.29 is 13.4 Å². The van der Waals surface area contributed by atoms with Crippen LogP contribution in [0.5, 0.6) is 0 Å². The Bertz CT molecular complexity index is 665. The van der Waals surface area contributed by atoms with Crippen molar-refractivity contribution in [2.45, 2.75) is 0 Å². The van der Waals surface area contributed by atoms with Crippen molar-refractivity contribution in [2.24, 2.45) is 0 Å². The molecule has 0 aliphatic carbocycles. The summed E-state index contributed by atoms with van der Waals surface area (Å²) in [6, 6.07) is 11.6. The van der Waals surface area contributed by atoms with Gasteiger partial charge in [-0.15, -0.1) is 0 Å². The Labute approximate surface area is 187 Å². The lowest BCUT2D eigenvalue weighted by Crippen LogP contribution is -1.66. The van der Waals surface area contributed by atoms with Crippen molar-refractivity contribution in [2.75, 3.05) is 0 Å². The third-order valence-electron chi connectivity index (χ3n) is 2.37. The zero-order chi connectivity index (χ0) is 21.9. The summed E-state index contributed by atoms with van der Waals surface area (Å²) in [6.07, 6.45) is 16.9. The Balaban J connectivity index is 0.000000186. The molecule has 0 radical (unpaired) electrons. The molecular weight excluding hydrogens is 434 g/mol. The average Bonchev–Trinajstić information content (AvgIpc) is 3.69. The van der Waals surface area contributed by atoms with Crippen molar-refractivity contribution in [1.29, 1.82) is 0 Å². The number of nitrogens with zero attached hydrogens (tertiary/aromatic N) is 5. The summed E-state index contributed by atoms with van der Waals surface area (Å²) >= 11 is 3.43. The predicted molar refractivity (Wildman–Crippen MR) is 120 cm³/mol. The Morgan fingerprint density at radius 3 is 1.16 bits per heavy atom. The second-order valence-electron chi connectivity index (χ2n) is 4.53. The highest BCUT2D eigenvalue weighted by Crippen LogP contribution is 1.92. The Morgan fingerprint density at radius 2 is 1.03 bits per heavy atom. The van der Waals surface area contributed by atoms with Crippen molar-refractivity contribution in [3.8, 4) is 0 Å². The van der Waals surface area contributed by atoms with E-state index >= 15 is 0 Å². The van der Waals surface area contributed by atoms with E-state index in [2.05, 4.69) is 38.4 Å². The lowest BCUT2D eigenvalue weighted by molar-refractivity contribution is 0.420. The fourth-order valence-corrected chi connectivity index (χ4v) is 2.14. The molecule has 0 fully saturated rings. The highest BCUT2D eigenvalue weighted by atomic mass is 32.1. The smallest absolute Gasteiger partial charge is 0.180 e. The first-order chi connectivity index (χ1) is 15.5. The molecular formula is C21H21N5O3S2. The molecule has 0 aromatic carbocycles. The highest BCUT2D eigenvalue weighted by Gasteiger charge is 1.62. The number of hydrogen-bond donors (Lipinski definition) is 0. The Kier molecular flexibility index (Phi) is 18.2. The second-order valence-corrected chi connectivity index (χ2v) is 6.16. The molecule has 8 nitrogen and oxygen atoms in total. The predicted octanol–water partition coefficient (Wildman–Crippen LogP) is 6.00. The molecule has 0 saturated carbocycles. The Morgan fingerprint density at radius 1 is 0.484 bits per heavy atom.